The lowest BCUT2D eigenvalue weighted by Crippen LogP contribution is -2.30. The number of aromatic nitrogens is 1. The van der Waals surface area contributed by atoms with Gasteiger partial charge in [0.15, 0.2) is 0 Å². The Balaban J connectivity index is 1.81. The molecule has 0 unspecified atom stereocenters. The third-order valence-corrected chi connectivity index (χ3v) is 3.71. The van der Waals surface area contributed by atoms with Crippen LogP contribution in [-0.4, -0.2) is 28.1 Å². The second-order valence-corrected chi connectivity index (χ2v) is 5.33. The first-order valence-electron chi connectivity index (χ1n) is 6.06. The Labute approximate surface area is 106 Å². The summed E-state index contributed by atoms with van der Waals surface area (Å²) in [7, 11) is 0. The number of hydrogen-bond acceptors (Lipinski definition) is 2. The van der Waals surface area contributed by atoms with E-state index in [9.17, 15) is 9.59 Å². The third-order valence-electron chi connectivity index (χ3n) is 3.71. The molecule has 5 nitrogen and oxygen atoms in total. The van der Waals surface area contributed by atoms with E-state index in [0.29, 0.717) is 13.1 Å². The molecule has 1 aromatic heterocycles. The second-order valence-electron chi connectivity index (χ2n) is 5.33. The second kappa shape index (κ2) is 4.48. The molecule has 1 fully saturated rings. The molecule has 0 spiro atoms. The van der Waals surface area contributed by atoms with Gasteiger partial charge < -0.3 is 15.0 Å². The van der Waals surface area contributed by atoms with E-state index in [0.717, 1.165) is 0 Å². The van der Waals surface area contributed by atoms with Crippen molar-refractivity contribution in [2.24, 2.45) is 17.3 Å². The maximum absolute atomic E-state index is 11.9. The van der Waals surface area contributed by atoms with Gasteiger partial charge in [-0.2, -0.15) is 0 Å². The molecule has 1 aliphatic carbocycles. The van der Waals surface area contributed by atoms with Gasteiger partial charge in [-0.3, -0.25) is 9.59 Å². The lowest BCUT2D eigenvalue weighted by atomic mass is 10.1. The number of amides is 1. The number of nitrogens with zero attached hydrogens (tertiary/aromatic N) is 1. The molecule has 1 aliphatic rings. The van der Waals surface area contributed by atoms with Crippen molar-refractivity contribution in [3.8, 4) is 0 Å². The fourth-order valence-electron chi connectivity index (χ4n) is 2.53. The van der Waals surface area contributed by atoms with Gasteiger partial charge in [-0.25, -0.2) is 0 Å². The molecule has 0 bridgehead atoms. The monoisotopic (exact) mass is 250 g/mol. The van der Waals surface area contributed by atoms with Gasteiger partial charge in [0.1, 0.15) is 0 Å². The zero-order valence-corrected chi connectivity index (χ0v) is 10.6. The van der Waals surface area contributed by atoms with Crippen molar-refractivity contribution in [1.29, 1.82) is 0 Å². The normalized spacial score (nSPS) is 24.6. The molecule has 98 valence electrons. The number of hydrogen-bond donors (Lipinski definition) is 2. The Morgan fingerprint density at radius 1 is 1.28 bits per heavy atom. The van der Waals surface area contributed by atoms with Crippen molar-refractivity contribution >= 4 is 11.9 Å². The Hall–Kier alpha value is -1.78. The van der Waals surface area contributed by atoms with E-state index >= 15 is 0 Å². The molecule has 0 aliphatic heterocycles. The van der Waals surface area contributed by atoms with Crippen LogP contribution in [0.1, 0.15) is 13.8 Å². The number of carbonyl (C=O) groups excluding carboxylic acids is 1. The predicted molar refractivity (Wildman–Crippen MR) is 65.8 cm³/mol. The summed E-state index contributed by atoms with van der Waals surface area (Å²) < 4.78 is 1.97. The Kier molecular flexibility index (Phi) is 3.15. The van der Waals surface area contributed by atoms with Crippen LogP contribution >= 0.6 is 0 Å². The van der Waals surface area contributed by atoms with Crippen molar-refractivity contribution in [3.05, 3.63) is 24.5 Å². The highest BCUT2D eigenvalue weighted by atomic mass is 16.4. The van der Waals surface area contributed by atoms with Crippen molar-refractivity contribution in [3.63, 3.8) is 0 Å². The summed E-state index contributed by atoms with van der Waals surface area (Å²) in [6.07, 6.45) is 3.85. The molecule has 2 rings (SSSR count). The average Bonchev–Trinajstić information content (AvgIpc) is 2.65. The van der Waals surface area contributed by atoms with Gasteiger partial charge in [-0.15, -0.1) is 0 Å². The van der Waals surface area contributed by atoms with Crippen molar-refractivity contribution in [2.75, 3.05) is 6.54 Å². The summed E-state index contributed by atoms with van der Waals surface area (Å²) in [5.74, 6) is -1.99. The zero-order valence-electron chi connectivity index (χ0n) is 10.6. The van der Waals surface area contributed by atoms with E-state index in [2.05, 4.69) is 5.32 Å². The van der Waals surface area contributed by atoms with Crippen molar-refractivity contribution in [1.82, 2.24) is 9.88 Å². The molecular weight excluding hydrogens is 232 g/mol. The lowest BCUT2D eigenvalue weighted by Gasteiger charge is -2.06. The van der Waals surface area contributed by atoms with Gasteiger partial charge >= 0.3 is 5.97 Å². The van der Waals surface area contributed by atoms with Crippen LogP contribution in [0, 0.1) is 17.3 Å². The summed E-state index contributed by atoms with van der Waals surface area (Å²) >= 11 is 0. The molecule has 18 heavy (non-hydrogen) atoms. The first kappa shape index (κ1) is 12.7. The molecule has 1 heterocycles. The van der Waals surface area contributed by atoms with E-state index in [1.165, 1.54) is 0 Å². The molecule has 1 amide bonds. The van der Waals surface area contributed by atoms with E-state index in [-0.39, 0.29) is 5.91 Å². The maximum Gasteiger partial charge on any atom is 0.307 e. The molecular formula is C13H18N2O3. The van der Waals surface area contributed by atoms with Gasteiger partial charge in [0.2, 0.25) is 5.91 Å². The number of aliphatic carboxylic acids is 1. The highest BCUT2D eigenvalue weighted by Gasteiger charge is 2.65. The average molecular weight is 250 g/mol. The Morgan fingerprint density at radius 2 is 1.89 bits per heavy atom. The summed E-state index contributed by atoms with van der Waals surface area (Å²) in [5.41, 5.74) is -0.427. The van der Waals surface area contributed by atoms with Crippen LogP contribution < -0.4 is 5.32 Å². The molecule has 5 heteroatoms. The highest BCUT2D eigenvalue weighted by molar-refractivity contribution is 5.91. The van der Waals surface area contributed by atoms with E-state index in [1.54, 1.807) is 0 Å². The van der Waals surface area contributed by atoms with Crippen LogP contribution in [0.4, 0.5) is 0 Å². The van der Waals surface area contributed by atoms with Gasteiger partial charge in [0, 0.05) is 25.5 Å². The fourth-order valence-corrected chi connectivity index (χ4v) is 2.53. The number of nitrogens with one attached hydrogen (secondary N) is 1. The fraction of sp³-hybridized carbons (Fsp3) is 0.538. The number of carboxylic acids is 1. The number of carboxylic acid groups (broad SMARTS) is 1. The van der Waals surface area contributed by atoms with Gasteiger partial charge in [0.05, 0.1) is 11.8 Å². The standard InChI is InChI=1S/C13H18N2O3/c1-13(2)9(10(13)12(17)18)11(16)14-5-8-15-6-3-4-7-15/h3-4,6-7,9-10H,5,8H2,1-2H3,(H,14,16)(H,17,18)/t9-,10+/m1/s1. The summed E-state index contributed by atoms with van der Waals surface area (Å²) in [6.45, 7) is 4.86. The SMILES string of the molecule is CC1(C)[C@H](C(=O)O)[C@@H]1C(=O)NCCn1cccc1. The zero-order chi connectivity index (χ0) is 13.3. The highest BCUT2D eigenvalue weighted by Crippen LogP contribution is 2.58. The molecule has 0 aromatic carbocycles. The minimum atomic E-state index is -0.884. The lowest BCUT2D eigenvalue weighted by molar-refractivity contribution is -0.140. The molecule has 0 saturated heterocycles. The van der Waals surface area contributed by atoms with Crippen LogP contribution in [0.5, 0.6) is 0 Å². The van der Waals surface area contributed by atoms with Crippen molar-refractivity contribution in [2.45, 2.75) is 20.4 Å². The van der Waals surface area contributed by atoms with Gasteiger partial charge in [-0.1, -0.05) is 13.8 Å². The van der Waals surface area contributed by atoms with E-state index in [1.807, 2.05) is 42.9 Å². The smallest absolute Gasteiger partial charge is 0.307 e. The van der Waals surface area contributed by atoms with Crippen LogP contribution in [0.3, 0.4) is 0 Å². The van der Waals surface area contributed by atoms with E-state index < -0.39 is 23.2 Å². The summed E-state index contributed by atoms with van der Waals surface area (Å²) in [4.78, 5) is 22.8. The maximum atomic E-state index is 11.9. The Bertz CT molecular complexity index is 451. The van der Waals surface area contributed by atoms with Crippen LogP contribution in [-0.2, 0) is 16.1 Å². The minimum Gasteiger partial charge on any atom is -0.481 e. The number of carbonyl (C=O) groups is 2. The van der Waals surface area contributed by atoms with Gasteiger partial charge in [-0.05, 0) is 17.5 Å². The summed E-state index contributed by atoms with van der Waals surface area (Å²) in [5, 5.41) is 11.8. The van der Waals surface area contributed by atoms with Crippen molar-refractivity contribution < 1.29 is 14.7 Å². The predicted octanol–water partition coefficient (Wildman–Crippen LogP) is 0.961. The number of rotatable bonds is 5. The third kappa shape index (κ3) is 2.25. The molecule has 2 N–H and O–H groups in total. The first-order valence-corrected chi connectivity index (χ1v) is 6.06. The largest absolute Gasteiger partial charge is 0.481 e. The van der Waals surface area contributed by atoms with Crippen LogP contribution in [0.15, 0.2) is 24.5 Å². The minimum absolute atomic E-state index is 0.153. The van der Waals surface area contributed by atoms with E-state index in [4.69, 9.17) is 5.11 Å². The quantitative estimate of drug-likeness (QED) is 0.817. The van der Waals surface area contributed by atoms with Crippen LogP contribution in [0.2, 0.25) is 0 Å². The van der Waals surface area contributed by atoms with Gasteiger partial charge in [0.25, 0.3) is 0 Å². The Morgan fingerprint density at radius 3 is 2.39 bits per heavy atom. The first-order chi connectivity index (χ1) is 8.44. The molecule has 0 radical (unpaired) electrons. The summed E-state index contributed by atoms with van der Waals surface area (Å²) in [6, 6.07) is 3.85. The molecule has 1 aromatic rings. The van der Waals surface area contributed by atoms with Crippen LogP contribution in [0.25, 0.3) is 0 Å². The topological polar surface area (TPSA) is 71.3 Å². The molecule has 1 saturated carbocycles. The molecule has 2 atom stereocenters.